The second kappa shape index (κ2) is 5.87. The second-order valence-electron chi connectivity index (χ2n) is 4.24. The monoisotopic (exact) mass is 287 g/mol. The molecule has 8 heteroatoms. The number of carbonyl (C=O) groups is 1. The van der Waals surface area contributed by atoms with E-state index >= 15 is 0 Å². The minimum absolute atomic E-state index is 0.152. The van der Waals surface area contributed by atoms with Crippen LogP contribution >= 0.6 is 0 Å². The fraction of sp³-hybridized carbons (Fsp3) is 0.0769. The molecule has 0 saturated carbocycles. The zero-order valence-electron chi connectivity index (χ0n) is 11.2. The van der Waals surface area contributed by atoms with Crippen LogP contribution in [0.5, 0.6) is 0 Å². The molecule has 0 radical (unpaired) electrons. The largest absolute Gasteiger partial charge is 0.378 e. The number of benzene rings is 1. The Morgan fingerprint density at radius 1 is 1.19 bits per heavy atom. The zero-order valence-corrected chi connectivity index (χ0v) is 11.2. The molecule has 1 aromatic carbocycles. The maximum absolute atomic E-state index is 10.9. The summed E-state index contributed by atoms with van der Waals surface area (Å²) in [6, 6.07) is 9.68. The minimum atomic E-state index is -0.589. The summed E-state index contributed by atoms with van der Waals surface area (Å²) in [5.74, 6) is 0.0887. The zero-order chi connectivity index (χ0) is 15.4. The number of nitrogens with one attached hydrogen (secondary N) is 2. The molecule has 0 aliphatic carbocycles. The highest BCUT2D eigenvalue weighted by Crippen LogP contribution is 2.23. The summed E-state index contributed by atoms with van der Waals surface area (Å²) in [6.45, 7) is 1.43. The van der Waals surface area contributed by atoms with Gasteiger partial charge in [0, 0.05) is 24.4 Å². The molecule has 0 bridgehead atoms. The van der Waals surface area contributed by atoms with Crippen LogP contribution in [0.3, 0.4) is 0 Å². The number of carbonyl (C=O) groups excluding carboxylic acids is 1. The van der Waals surface area contributed by atoms with Crippen molar-refractivity contribution in [3.05, 3.63) is 46.5 Å². The molecular weight excluding hydrogens is 274 g/mol. The van der Waals surface area contributed by atoms with E-state index in [1.807, 2.05) is 0 Å². The third-order valence-corrected chi connectivity index (χ3v) is 2.58. The fourth-order valence-corrected chi connectivity index (χ4v) is 1.68. The summed E-state index contributed by atoms with van der Waals surface area (Å²) < 4.78 is 0. The highest BCUT2D eigenvalue weighted by atomic mass is 16.6. The van der Waals surface area contributed by atoms with Gasteiger partial charge >= 0.3 is 5.69 Å². The Kier molecular flexibility index (Phi) is 3.98. The van der Waals surface area contributed by atoms with Crippen molar-refractivity contribution >= 4 is 34.6 Å². The minimum Gasteiger partial charge on any atom is -0.378 e. The SMILES string of the molecule is CC(=O)Nc1ccc(Nc2ccc([N+](=O)[O-])c(N)n2)cc1. The first-order chi connectivity index (χ1) is 9.95. The number of amides is 1. The second-order valence-corrected chi connectivity index (χ2v) is 4.24. The van der Waals surface area contributed by atoms with Crippen LogP contribution in [0.2, 0.25) is 0 Å². The van der Waals surface area contributed by atoms with Crippen LogP contribution in [-0.4, -0.2) is 15.8 Å². The van der Waals surface area contributed by atoms with Crippen LogP contribution in [0.4, 0.5) is 28.7 Å². The number of rotatable bonds is 4. The number of nitrogens with two attached hydrogens (primary N) is 1. The van der Waals surface area contributed by atoms with Gasteiger partial charge < -0.3 is 16.4 Å². The molecule has 8 nitrogen and oxygen atoms in total. The highest BCUT2D eigenvalue weighted by Gasteiger charge is 2.12. The maximum Gasteiger partial charge on any atom is 0.311 e. The topological polar surface area (TPSA) is 123 Å². The van der Waals surface area contributed by atoms with Crippen LogP contribution in [0, 0.1) is 10.1 Å². The number of nitrogens with zero attached hydrogens (tertiary/aromatic N) is 2. The van der Waals surface area contributed by atoms with Gasteiger partial charge in [-0.05, 0) is 30.3 Å². The molecular formula is C13H13N5O3. The van der Waals surface area contributed by atoms with Gasteiger partial charge in [-0.1, -0.05) is 0 Å². The Balaban J connectivity index is 2.13. The molecule has 0 saturated heterocycles. The van der Waals surface area contributed by atoms with Crippen LogP contribution < -0.4 is 16.4 Å². The molecule has 1 aromatic heterocycles. The van der Waals surface area contributed by atoms with Crippen molar-refractivity contribution in [3.63, 3.8) is 0 Å². The third-order valence-electron chi connectivity index (χ3n) is 2.58. The van der Waals surface area contributed by atoms with Gasteiger partial charge in [0.2, 0.25) is 11.7 Å². The number of anilines is 4. The van der Waals surface area contributed by atoms with Crippen molar-refractivity contribution in [2.24, 2.45) is 0 Å². The van der Waals surface area contributed by atoms with Crippen molar-refractivity contribution in [1.82, 2.24) is 4.98 Å². The third kappa shape index (κ3) is 3.66. The average molecular weight is 287 g/mol. The molecule has 2 rings (SSSR count). The van der Waals surface area contributed by atoms with Gasteiger partial charge in [0.15, 0.2) is 0 Å². The number of nitrogen functional groups attached to an aromatic ring is 1. The van der Waals surface area contributed by atoms with E-state index in [4.69, 9.17) is 5.73 Å². The van der Waals surface area contributed by atoms with E-state index in [1.54, 1.807) is 24.3 Å². The first kappa shape index (κ1) is 14.3. The molecule has 4 N–H and O–H groups in total. The van der Waals surface area contributed by atoms with Crippen LogP contribution in [0.1, 0.15) is 6.92 Å². The van der Waals surface area contributed by atoms with E-state index < -0.39 is 4.92 Å². The van der Waals surface area contributed by atoms with Gasteiger partial charge in [-0.2, -0.15) is 0 Å². The van der Waals surface area contributed by atoms with E-state index in [-0.39, 0.29) is 17.4 Å². The number of hydrogen-bond donors (Lipinski definition) is 3. The van der Waals surface area contributed by atoms with E-state index in [9.17, 15) is 14.9 Å². The van der Waals surface area contributed by atoms with Crippen LogP contribution in [-0.2, 0) is 4.79 Å². The summed E-state index contributed by atoms with van der Waals surface area (Å²) >= 11 is 0. The summed E-state index contributed by atoms with van der Waals surface area (Å²) in [7, 11) is 0. The Labute approximate surface area is 120 Å². The van der Waals surface area contributed by atoms with Crippen LogP contribution in [0.25, 0.3) is 0 Å². The van der Waals surface area contributed by atoms with Crippen molar-refractivity contribution in [1.29, 1.82) is 0 Å². The van der Waals surface area contributed by atoms with Gasteiger partial charge in [0.1, 0.15) is 5.82 Å². The smallest absolute Gasteiger partial charge is 0.311 e. The fourth-order valence-electron chi connectivity index (χ4n) is 1.68. The summed E-state index contributed by atoms with van der Waals surface area (Å²) in [5.41, 5.74) is 6.66. The van der Waals surface area contributed by atoms with Crippen molar-refractivity contribution in [3.8, 4) is 0 Å². The molecule has 1 heterocycles. The summed E-state index contributed by atoms with van der Waals surface area (Å²) in [5, 5.41) is 16.3. The standard InChI is InChI=1S/C13H13N5O3/c1-8(19)15-9-2-4-10(5-3-9)16-12-7-6-11(18(20)21)13(14)17-12/h2-7H,1H3,(H,15,19)(H3,14,16,17). The van der Waals surface area contributed by atoms with Gasteiger partial charge in [-0.25, -0.2) is 4.98 Å². The quantitative estimate of drug-likeness (QED) is 0.585. The Morgan fingerprint density at radius 3 is 2.33 bits per heavy atom. The molecule has 21 heavy (non-hydrogen) atoms. The normalized spacial score (nSPS) is 9.95. The lowest BCUT2D eigenvalue weighted by atomic mass is 10.2. The van der Waals surface area contributed by atoms with Crippen molar-refractivity contribution in [2.45, 2.75) is 6.92 Å². The Bertz CT molecular complexity index is 685. The summed E-state index contributed by atoms with van der Waals surface area (Å²) in [4.78, 5) is 24.9. The van der Waals surface area contributed by atoms with E-state index in [2.05, 4.69) is 15.6 Å². The summed E-state index contributed by atoms with van der Waals surface area (Å²) in [6.07, 6.45) is 0. The molecule has 0 aliphatic heterocycles. The molecule has 0 unspecified atom stereocenters. The van der Waals surface area contributed by atoms with E-state index in [1.165, 1.54) is 19.1 Å². The molecule has 108 valence electrons. The van der Waals surface area contributed by atoms with Gasteiger partial charge in [0.05, 0.1) is 4.92 Å². The first-order valence-corrected chi connectivity index (χ1v) is 6.01. The van der Waals surface area contributed by atoms with E-state index in [0.29, 0.717) is 17.2 Å². The number of nitro groups is 1. The predicted octanol–water partition coefficient (Wildman–Crippen LogP) is 2.27. The molecule has 1 amide bonds. The van der Waals surface area contributed by atoms with Crippen LogP contribution in [0.15, 0.2) is 36.4 Å². The maximum atomic E-state index is 10.9. The Morgan fingerprint density at radius 2 is 1.81 bits per heavy atom. The molecule has 0 aliphatic rings. The Hall–Kier alpha value is -3.16. The van der Waals surface area contributed by atoms with Gasteiger partial charge in [-0.15, -0.1) is 0 Å². The number of pyridine rings is 1. The molecule has 0 fully saturated rings. The van der Waals surface area contributed by atoms with Gasteiger partial charge in [-0.3, -0.25) is 14.9 Å². The van der Waals surface area contributed by atoms with Gasteiger partial charge in [0.25, 0.3) is 0 Å². The molecule has 0 spiro atoms. The lowest BCUT2D eigenvalue weighted by Crippen LogP contribution is -2.05. The highest BCUT2D eigenvalue weighted by molar-refractivity contribution is 5.88. The van der Waals surface area contributed by atoms with E-state index in [0.717, 1.165) is 0 Å². The lowest BCUT2D eigenvalue weighted by molar-refractivity contribution is -0.384. The number of hydrogen-bond acceptors (Lipinski definition) is 6. The molecule has 0 atom stereocenters. The van der Waals surface area contributed by atoms with Crippen molar-refractivity contribution in [2.75, 3.05) is 16.4 Å². The predicted molar refractivity (Wildman–Crippen MR) is 79.3 cm³/mol. The molecule has 2 aromatic rings. The van der Waals surface area contributed by atoms with Crippen molar-refractivity contribution < 1.29 is 9.72 Å². The first-order valence-electron chi connectivity index (χ1n) is 6.01. The number of aromatic nitrogens is 1. The lowest BCUT2D eigenvalue weighted by Gasteiger charge is -2.07. The average Bonchev–Trinajstić information content (AvgIpc) is 2.40.